The Labute approximate surface area is 146 Å². The van der Waals surface area contributed by atoms with E-state index in [9.17, 15) is 10.2 Å². The van der Waals surface area contributed by atoms with Gasteiger partial charge in [-0.25, -0.2) is 4.98 Å². The van der Waals surface area contributed by atoms with Crippen LogP contribution in [0.3, 0.4) is 0 Å². The molecule has 0 saturated heterocycles. The van der Waals surface area contributed by atoms with Crippen LogP contribution in [0.5, 0.6) is 0 Å². The van der Waals surface area contributed by atoms with Gasteiger partial charge < -0.3 is 15.1 Å². The van der Waals surface area contributed by atoms with Gasteiger partial charge in [0.15, 0.2) is 0 Å². The first-order valence-corrected chi connectivity index (χ1v) is 8.13. The molecule has 0 aliphatic carbocycles. The number of anilines is 1. The fourth-order valence-electron chi connectivity index (χ4n) is 2.60. The molecule has 3 aromatic heterocycles. The van der Waals surface area contributed by atoms with Crippen molar-refractivity contribution in [2.75, 3.05) is 31.2 Å². The van der Waals surface area contributed by atoms with Crippen molar-refractivity contribution in [2.24, 2.45) is 0 Å². The van der Waals surface area contributed by atoms with Crippen LogP contribution in [0.2, 0.25) is 0 Å². The van der Waals surface area contributed by atoms with E-state index >= 15 is 0 Å². The molecule has 25 heavy (non-hydrogen) atoms. The Bertz CT molecular complexity index is 733. The monoisotopic (exact) mass is 336 g/mol. The number of hydrogen-bond donors (Lipinski definition) is 2. The van der Waals surface area contributed by atoms with Gasteiger partial charge in [0.1, 0.15) is 0 Å². The predicted octanol–water partition coefficient (Wildman–Crippen LogP) is 2.00. The van der Waals surface area contributed by atoms with Crippen molar-refractivity contribution < 1.29 is 10.2 Å². The zero-order valence-corrected chi connectivity index (χ0v) is 13.8. The molecule has 0 unspecified atom stereocenters. The van der Waals surface area contributed by atoms with E-state index in [1.165, 1.54) is 0 Å². The zero-order valence-electron chi connectivity index (χ0n) is 13.8. The summed E-state index contributed by atoms with van der Waals surface area (Å²) in [6, 6.07) is 15.2. The number of aliphatic hydroxyl groups excluding tert-OH is 2. The minimum Gasteiger partial charge on any atom is -0.395 e. The minimum atomic E-state index is 0.000162. The molecule has 0 fully saturated rings. The maximum Gasteiger partial charge on any atom is 0.0914 e. The Hall–Kier alpha value is -2.83. The van der Waals surface area contributed by atoms with Crippen molar-refractivity contribution in [2.45, 2.75) is 0 Å². The van der Waals surface area contributed by atoms with E-state index in [1.807, 2.05) is 53.4 Å². The lowest BCUT2D eigenvalue weighted by Gasteiger charge is -2.24. The second-order valence-electron chi connectivity index (χ2n) is 5.46. The largest absolute Gasteiger partial charge is 0.395 e. The molecule has 0 bridgehead atoms. The smallest absolute Gasteiger partial charge is 0.0914 e. The Balaban J connectivity index is 2.11. The number of hydrogen-bond acceptors (Lipinski definition) is 6. The van der Waals surface area contributed by atoms with Gasteiger partial charge in [0.25, 0.3) is 0 Å². The molecule has 0 radical (unpaired) electrons. The highest BCUT2D eigenvalue weighted by molar-refractivity contribution is 5.69. The highest BCUT2D eigenvalue weighted by Crippen LogP contribution is 2.27. The summed E-state index contributed by atoms with van der Waals surface area (Å²) in [5.41, 5.74) is 3.82. The highest BCUT2D eigenvalue weighted by atomic mass is 16.3. The van der Waals surface area contributed by atoms with Gasteiger partial charge in [0.2, 0.25) is 0 Å². The molecule has 3 aromatic rings. The number of aliphatic hydroxyl groups is 2. The van der Waals surface area contributed by atoms with Crippen molar-refractivity contribution in [1.29, 1.82) is 0 Å². The molecule has 0 amide bonds. The van der Waals surface area contributed by atoms with Crippen molar-refractivity contribution in [1.82, 2.24) is 15.0 Å². The summed E-state index contributed by atoms with van der Waals surface area (Å²) >= 11 is 0. The normalized spacial score (nSPS) is 10.6. The predicted molar refractivity (Wildman–Crippen MR) is 97.1 cm³/mol. The van der Waals surface area contributed by atoms with Crippen LogP contribution in [-0.4, -0.2) is 51.5 Å². The Kier molecular flexibility index (Phi) is 5.66. The van der Waals surface area contributed by atoms with E-state index < -0.39 is 0 Å². The molecule has 0 spiro atoms. The van der Waals surface area contributed by atoms with Crippen molar-refractivity contribution in [3.8, 4) is 22.8 Å². The van der Waals surface area contributed by atoms with Gasteiger partial charge in [-0.05, 0) is 36.4 Å². The van der Waals surface area contributed by atoms with Crippen LogP contribution in [0.25, 0.3) is 22.8 Å². The van der Waals surface area contributed by atoms with Gasteiger partial charge in [-0.15, -0.1) is 0 Å². The second-order valence-corrected chi connectivity index (χ2v) is 5.46. The van der Waals surface area contributed by atoms with Crippen molar-refractivity contribution in [3.05, 3.63) is 60.9 Å². The molecule has 0 saturated carbocycles. The Morgan fingerprint density at radius 1 is 0.720 bits per heavy atom. The highest BCUT2D eigenvalue weighted by Gasteiger charge is 2.13. The van der Waals surface area contributed by atoms with Gasteiger partial charge in [-0.2, -0.15) is 0 Å². The lowest BCUT2D eigenvalue weighted by Crippen LogP contribution is -2.29. The van der Waals surface area contributed by atoms with Gasteiger partial charge in [-0.1, -0.05) is 12.1 Å². The molecule has 6 heteroatoms. The summed E-state index contributed by atoms with van der Waals surface area (Å²) in [5, 5.41) is 18.7. The van der Waals surface area contributed by atoms with Crippen LogP contribution < -0.4 is 4.90 Å². The maximum absolute atomic E-state index is 9.33. The van der Waals surface area contributed by atoms with Crippen LogP contribution in [0.4, 0.5) is 5.69 Å². The molecular weight excluding hydrogens is 316 g/mol. The molecule has 0 atom stereocenters. The molecular formula is C19H20N4O2. The topological polar surface area (TPSA) is 82.4 Å². The average Bonchev–Trinajstić information content (AvgIpc) is 2.69. The summed E-state index contributed by atoms with van der Waals surface area (Å²) < 4.78 is 0. The van der Waals surface area contributed by atoms with Crippen LogP contribution >= 0.6 is 0 Å². The molecule has 6 nitrogen and oxygen atoms in total. The Morgan fingerprint density at radius 3 is 1.64 bits per heavy atom. The summed E-state index contributed by atoms with van der Waals surface area (Å²) in [7, 11) is 0. The standard InChI is InChI=1S/C19H20N4O2/c24-11-9-23(10-12-25)15-13-18(16-5-1-3-7-20-16)22-19(14-15)17-6-2-4-8-21-17/h1-8,13-14,24-25H,9-12H2. The summed E-state index contributed by atoms with van der Waals surface area (Å²) in [6.45, 7) is 0.849. The van der Waals surface area contributed by atoms with Gasteiger partial charge >= 0.3 is 0 Å². The second kappa shape index (κ2) is 8.32. The van der Waals surface area contributed by atoms with Crippen molar-refractivity contribution in [3.63, 3.8) is 0 Å². The van der Waals surface area contributed by atoms with Crippen LogP contribution in [0.1, 0.15) is 0 Å². The van der Waals surface area contributed by atoms with Crippen molar-refractivity contribution >= 4 is 5.69 Å². The first-order valence-electron chi connectivity index (χ1n) is 8.13. The molecule has 3 rings (SSSR count). The van der Waals surface area contributed by atoms with Crippen LogP contribution in [-0.2, 0) is 0 Å². The third kappa shape index (κ3) is 4.17. The van der Waals surface area contributed by atoms with Gasteiger partial charge in [0.05, 0.1) is 36.0 Å². The van der Waals surface area contributed by atoms with Crippen LogP contribution in [0, 0.1) is 0 Å². The lowest BCUT2D eigenvalue weighted by atomic mass is 10.1. The summed E-state index contributed by atoms with van der Waals surface area (Å²) in [4.78, 5) is 15.4. The SMILES string of the molecule is OCCN(CCO)c1cc(-c2ccccn2)nc(-c2ccccn2)c1. The lowest BCUT2D eigenvalue weighted by molar-refractivity contribution is 0.281. The maximum atomic E-state index is 9.33. The first kappa shape index (κ1) is 17.0. The fraction of sp³-hybridized carbons (Fsp3) is 0.211. The summed E-state index contributed by atoms with van der Waals surface area (Å²) in [6.07, 6.45) is 3.45. The van der Waals surface area contributed by atoms with E-state index in [1.54, 1.807) is 12.4 Å². The first-order chi connectivity index (χ1) is 12.3. The molecule has 0 aliphatic heterocycles. The number of rotatable bonds is 7. The molecule has 0 aliphatic rings. The van der Waals surface area contributed by atoms with E-state index in [0.717, 1.165) is 28.5 Å². The number of nitrogens with zero attached hydrogens (tertiary/aromatic N) is 4. The quantitative estimate of drug-likeness (QED) is 0.687. The molecule has 0 aromatic carbocycles. The fourth-order valence-corrected chi connectivity index (χ4v) is 2.60. The zero-order chi connectivity index (χ0) is 17.5. The Morgan fingerprint density at radius 2 is 1.24 bits per heavy atom. The molecule has 128 valence electrons. The van der Waals surface area contributed by atoms with Gasteiger partial charge in [0, 0.05) is 31.2 Å². The van der Waals surface area contributed by atoms with E-state index in [-0.39, 0.29) is 13.2 Å². The minimum absolute atomic E-state index is 0.000162. The molecule has 3 heterocycles. The van der Waals surface area contributed by atoms with E-state index in [2.05, 4.69) is 9.97 Å². The molecule has 2 N–H and O–H groups in total. The van der Waals surface area contributed by atoms with Crippen LogP contribution in [0.15, 0.2) is 60.9 Å². The number of aromatic nitrogens is 3. The average molecular weight is 336 g/mol. The summed E-state index contributed by atoms with van der Waals surface area (Å²) in [5.74, 6) is 0. The third-order valence-corrected chi connectivity index (χ3v) is 3.77. The third-order valence-electron chi connectivity index (χ3n) is 3.77. The van der Waals surface area contributed by atoms with E-state index in [0.29, 0.717) is 13.1 Å². The van der Waals surface area contributed by atoms with Gasteiger partial charge in [-0.3, -0.25) is 9.97 Å². The van der Waals surface area contributed by atoms with E-state index in [4.69, 9.17) is 4.98 Å². The number of pyridine rings is 3.